The van der Waals surface area contributed by atoms with Crippen molar-refractivity contribution in [3.63, 3.8) is 0 Å². The Labute approximate surface area is 126 Å². The van der Waals surface area contributed by atoms with Crippen LogP contribution in [0.25, 0.3) is 0 Å². The Morgan fingerprint density at radius 2 is 1.85 bits per heavy atom. The Hall–Kier alpha value is -0.910. The molecule has 0 heterocycles. The van der Waals surface area contributed by atoms with E-state index >= 15 is 0 Å². The summed E-state index contributed by atoms with van der Waals surface area (Å²) in [6.07, 6.45) is 4.61. The zero-order chi connectivity index (χ0) is 15.6. The highest BCUT2D eigenvalue weighted by atomic mass is 32.2. The second-order valence-electron chi connectivity index (χ2n) is 6.14. The van der Waals surface area contributed by atoms with Crippen LogP contribution in [-0.4, -0.2) is 42.2 Å². The smallest absolute Gasteiger partial charge is 0.314 e. The van der Waals surface area contributed by atoms with E-state index in [4.69, 9.17) is 5.11 Å². The molecule has 1 atom stereocenters. The highest BCUT2D eigenvalue weighted by Crippen LogP contribution is 2.24. The van der Waals surface area contributed by atoms with E-state index in [2.05, 4.69) is 16.9 Å². The summed E-state index contributed by atoms with van der Waals surface area (Å²) in [6.45, 7) is 6.78. The van der Waals surface area contributed by atoms with Gasteiger partial charge in [-0.1, -0.05) is 20.8 Å². The van der Waals surface area contributed by atoms with Crippen molar-refractivity contribution in [3.8, 4) is 0 Å². The molecule has 3 N–H and O–H groups in total. The number of aliphatic carboxylic acids is 1. The Morgan fingerprint density at radius 1 is 1.20 bits per heavy atom. The van der Waals surface area contributed by atoms with Crippen LogP contribution in [0.3, 0.4) is 0 Å². The fourth-order valence-electron chi connectivity index (χ4n) is 1.84. The summed E-state index contributed by atoms with van der Waals surface area (Å²) in [5.74, 6) is -0.312. The van der Waals surface area contributed by atoms with Gasteiger partial charge < -0.3 is 15.7 Å². The minimum absolute atomic E-state index is 0.0704. The monoisotopic (exact) mass is 304 g/mol. The van der Waals surface area contributed by atoms with Crippen molar-refractivity contribution in [2.24, 2.45) is 11.3 Å². The summed E-state index contributed by atoms with van der Waals surface area (Å²) in [5.41, 5.74) is -0.0704. The summed E-state index contributed by atoms with van der Waals surface area (Å²) < 4.78 is 0. The number of urea groups is 1. The lowest BCUT2D eigenvalue weighted by molar-refractivity contribution is -0.142. The van der Waals surface area contributed by atoms with E-state index in [1.165, 1.54) is 0 Å². The van der Waals surface area contributed by atoms with Crippen LogP contribution < -0.4 is 10.6 Å². The van der Waals surface area contributed by atoms with Crippen LogP contribution in [0.5, 0.6) is 0 Å². The zero-order valence-corrected chi connectivity index (χ0v) is 13.8. The number of rotatable bonds is 9. The van der Waals surface area contributed by atoms with Crippen LogP contribution in [0, 0.1) is 11.3 Å². The summed E-state index contributed by atoms with van der Waals surface area (Å²) in [6, 6.07) is -0.283. The molecule has 20 heavy (non-hydrogen) atoms. The second kappa shape index (κ2) is 9.91. The molecule has 0 saturated heterocycles. The van der Waals surface area contributed by atoms with E-state index in [1.54, 1.807) is 11.8 Å². The summed E-state index contributed by atoms with van der Waals surface area (Å²) in [4.78, 5) is 22.7. The molecule has 0 bridgehead atoms. The first-order valence-electron chi connectivity index (χ1n) is 6.99. The predicted molar refractivity (Wildman–Crippen MR) is 84.2 cm³/mol. The third-order valence-corrected chi connectivity index (χ3v) is 3.47. The molecule has 0 spiro atoms. The molecular formula is C14H28N2O3S. The number of hydrogen-bond donors (Lipinski definition) is 3. The third-order valence-electron chi connectivity index (χ3n) is 2.78. The first-order chi connectivity index (χ1) is 9.26. The van der Waals surface area contributed by atoms with Crippen molar-refractivity contribution in [2.75, 3.05) is 25.1 Å². The maximum atomic E-state index is 11.5. The first kappa shape index (κ1) is 19.1. The Morgan fingerprint density at radius 3 is 2.35 bits per heavy atom. The Balaban J connectivity index is 3.91. The fraction of sp³-hybridized carbons (Fsp3) is 0.857. The number of hydrogen-bond acceptors (Lipinski definition) is 3. The third kappa shape index (κ3) is 11.0. The lowest BCUT2D eigenvalue weighted by atomic mass is 9.84. The SMILES string of the molecule is CSCCCCNC(=O)NCC(CC(C)(C)C)C(=O)O. The predicted octanol–water partition coefficient (Wildman–Crippen LogP) is 2.57. The summed E-state index contributed by atoms with van der Waals surface area (Å²) in [7, 11) is 0. The van der Waals surface area contributed by atoms with Crippen LogP contribution in [-0.2, 0) is 4.79 Å². The number of amides is 2. The van der Waals surface area contributed by atoms with Gasteiger partial charge in [-0.25, -0.2) is 4.79 Å². The molecule has 2 amide bonds. The number of carboxylic acids is 1. The standard InChI is InChI=1S/C14H28N2O3S/c1-14(2,3)9-11(12(17)18)10-16-13(19)15-7-5-6-8-20-4/h11H,5-10H2,1-4H3,(H,17,18)(H2,15,16,19). The van der Waals surface area contributed by atoms with Crippen molar-refractivity contribution in [2.45, 2.75) is 40.0 Å². The number of carbonyl (C=O) groups excluding carboxylic acids is 1. The molecule has 5 nitrogen and oxygen atoms in total. The lowest BCUT2D eigenvalue weighted by Gasteiger charge is -2.23. The van der Waals surface area contributed by atoms with Crippen LogP contribution in [0.4, 0.5) is 4.79 Å². The molecule has 0 aromatic rings. The summed E-state index contributed by atoms with van der Waals surface area (Å²) in [5, 5.41) is 14.5. The number of thioether (sulfide) groups is 1. The zero-order valence-electron chi connectivity index (χ0n) is 13.0. The van der Waals surface area contributed by atoms with E-state index in [-0.39, 0.29) is 18.0 Å². The van der Waals surface area contributed by atoms with E-state index < -0.39 is 11.9 Å². The highest BCUT2D eigenvalue weighted by Gasteiger charge is 2.24. The summed E-state index contributed by atoms with van der Waals surface area (Å²) >= 11 is 1.79. The van der Waals surface area contributed by atoms with Crippen LogP contribution in [0.1, 0.15) is 40.0 Å². The second-order valence-corrected chi connectivity index (χ2v) is 7.12. The average molecular weight is 304 g/mol. The maximum Gasteiger partial charge on any atom is 0.314 e. The van der Waals surface area contributed by atoms with Crippen LogP contribution in [0.2, 0.25) is 0 Å². The average Bonchev–Trinajstić information content (AvgIpc) is 2.32. The van der Waals surface area contributed by atoms with E-state index in [0.717, 1.165) is 18.6 Å². The molecule has 0 aliphatic carbocycles. The Bertz CT molecular complexity index is 303. The number of unbranched alkanes of at least 4 members (excludes halogenated alkanes) is 1. The van der Waals surface area contributed by atoms with Gasteiger partial charge in [-0.05, 0) is 36.7 Å². The topological polar surface area (TPSA) is 78.4 Å². The van der Waals surface area contributed by atoms with Crippen molar-refractivity contribution in [1.29, 1.82) is 0 Å². The molecule has 0 aromatic carbocycles. The molecule has 0 radical (unpaired) electrons. The number of nitrogens with one attached hydrogen (secondary N) is 2. The first-order valence-corrected chi connectivity index (χ1v) is 8.39. The molecule has 0 saturated carbocycles. The van der Waals surface area contributed by atoms with Crippen molar-refractivity contribution in [3.05, 3.63) is 0 Å². The van der Waals surface area contributed by atoms with Gasteiger partial charge in [0.15, 0.2) is 0 Å². The largest absolute Gasteiger partial charge is 0.481 e. The van der Waals surface area contributed by atoms with Gasteiger partial charge >= 0.3 is 12.0 Å². The maximum absolute atomic E-state index is 11.5. The minimum Gasteiger partial charge on any atom is -0.481 e. The lowest BCUT2D eigenvalue weighted by Crippen LogP contribution is -2.41. The molecular weight excluding hydrogens is 276 g/mol. The molecule has 0 aromatic heterocycles. The van der Waals surface area contributed by atoms with Gasteiger partial charge in [0.2, 0.25) is 0 Å². The highest BCUT2D eigenvalue weighted by molar-refractivity contribution is 7.98. The van der Waals surface area contributed by atoms with E-state index in [1.807, 2.05) is 20.8 Å². The molecule has 1 unspecified atom stereocenters. The van der Waals surface area contributed by atoms with E-state index in [0.29, 0.717) is 13.0 Å². The van der Waals surface area contributed by atoms with Crippen LogP contribution >= 0.6 is 11.8 Å². The number of carbonyl (C=O) groups is 2. The van der Waals surface area contributed by atoms with E-state index in [9.17, 15) is 9.59 Å². The molecule has 0 fully saturated rings. The van der Waals surface area contributed by atoms with Gasteiger partial charge in [0.05, 0.1) is 5.92 Å². The van der Waals surface area contributed by atoms with Crippen molar-refractivity contribution < 1.29 is 14.7 Å². The normalized spacial score (nSPS) is 12.8. The Kier molecular flexibility index (Phi) is 9.46. The number of carboxylic acid groups (broad SMARTS) is 1. The quantitative estimate of drug-likeness (QED) is 0.572. The van der Waals surface area contributed by atoms with Gasteiger partial charge in [0.1, 0.15) is 0 Å². The molecule has 118 valence electrons. The fourth-order valence-corrected chi connectivity index (χ4v) is 2.33. The molecule has 6 heteroatoms. The van der Waals surface area contributed by atoms with Gasteiger partial charge in [0.25, 0.3) is 0 Å². The van der Waals surface area contributed by atoms with Crippen molar-refractivity contribution in [1.82, 2.24) is 10.6 Å². The van der Waals surface area contributed by atoms with Gasteiger partial charge in [0, 0.05) is 13.1 Å². The van der Waals surface area contributed by atoms with Gasteiger partial charge in [-0.2, -0.15) is 11.8 Å². The molecule has 0 aliphatic rings. The molecule has 0 aliphatic heterocycles. The minimum atomic E-state index is -0.861. The van der Waals surface area contributed by atoms with Crippen LogP contribution in [0.15, 0.2) is 0 Å². The van der Waals surface area contributed by atoms with Gasteiger partial charge in [-0.3, -0.25) is 4.79 Å². The van der Waals surface area contributed by atoms with Gasteiger partial charge in [-0.15, -0.1) is 0 Å². The molecule has 0 rings (SSSR count). The van der Waals surface area contributed by atoms with Crippen molar-refractivity contribution >= 4 is 23.8 Å².